The normalized spacial score (nSPS) is 10.9. The van der Waals surface area contributed by atoms with Crippen LogP contribution in [0.3, 0.4) is 0 Å². The van der Waals surface area contributed by atoms with Gasteiger partial charge in [-0.1, -0.05) is 47.6 Å². The van der Waals surface area contributed by atoms with Gasteiger partial charge < -0.3 is 5.32 Å². The summed E-state index contributed by atoms with van der Waals surface area (Å²) in [6.07, 6.45) is 1.47. The molecule has 2 aromatic carbocycles. The number of aromatic nitrogens is 3. The van der Waals surface area contributed by atoms with E-state index in [4.69, 9.17) is 11.6 Å². The fraction of sp³-hybridized carbons (Fsp3) is 0.130. The maximum absolute atomic E-state index is 13.4. The maximum atomic E-state index is 13.4. The van der Waals surface area contributed by atoms with E-state index in [1.54, 1.807) is 28.8 Å². The molecular weight excluding hydrogens is 432 g/mol. The number of hydrogen-bond acceptors (Lipinski definition) is 5. The van der Waals surface area contributed by atoms with Crippen molar-refractivity contribution in [2.24, 2.45) is 0 Å². The number of aryl methyl sites for hydroxylation is 1. The molecule has 0 saturated carbocycles. The van der Waals surface area contributed by atoms with Crippen molar-refractivity contribution in [2.45, 2.75) is 19.0 Å². The lowest BCUT2D eigenvalue weighted by Gasteiger charge is -2.16. The zero-order chi connectivity index (χ0) is 22.0. The van der Waals surface area contributed by atoms with Crippen molar-refractivity contribution in [3.8, 4) is 5.69 Å². The van der Waals surface area contributed by atoms with E-state index in [1.807, 2.05) is 44.2 Å². The predicted octanol–water partition coefficient (Wildman–Crippen LogP) is 4.78. The number of amides is 1. The molecule has 8 heteroatoms. The summed E-state index contributed by atoms with van der Waals surface area (Å²) in [5, 5.41) is 4.20. The number of carbonyl (C=O) groups is 1. The van der Waals surface area contributed by atoms with Crippen molar-refractivity contribution in [3.63, 3.8) is 0 Å². The number of para-hydroxylation sites is 1. The zero-order valence-electron chi connectivity index (χ0n) is 16.9. The molecule has 1 N–H and O–H groups in total. The number of carbonyl (C=O) groups excluding carboxylic acids is 1. The van der Waals surface area contributed by atoms with Crippen LogP contribution in [-0.2, 0) is 4.79 Å². The van der Waals surface area contributed by atoms with Crippen molar-refractivity contribution in [2.75, 3.05) is 11.1 Å². The highest BCUT2D eigenvalue weighted by Crippen LogP contribution is 2.24. The van der Waals surface area contributed by atoms with Gasteiger partial charge in [0.1, 0.15) is 5.82 Å². The molecule has 0 radical (unpaired) electrons. The van der Waals surface area contributed by atoms with E-state index in [9.17, 15) is 9.59 Å². The molecule has 0 saturated heterocycles. The summed E-state index contributed by atoms with van der Waals surface area (Å²) in [5.41, 5.74) is 3.24. The zero-order valence-corrected chi connectivity index (χ0v) is 18.5. The number of pyridine rings is 1. The monoisotopic (exact) mass is 450 g/mol. The minimum Gasteiger partial charge on any atom is -0.310 e. The van der Waals surface area contributed by atoms with Gasteiger partial charge >= 0.3 is 0 Å². The molecule has 2 heterocycles. The molecule has 0 fully saturated rings. The fourth-order valence-electron chi connectivity index (χ4n) is 3.16. The number of anilines is 1. The first-order chi connectivity index (χ1) is 14.9. The van der Waals surface area contributed by atoms with Crippen molar-refractivity contribution in [3.05, 3.63) is 87.3 Å². The van der Waals surface area contributed by atoms with Crippen LogP contribution in [0.25, 0.3) is 16.6 Å². The minimum atomic E-state index is -0.255. The Morgan fingerprint density at radius 3 is 2.68 bits per heavy atom. The van der Waals surface area contributed by atoms with Crippen molar-refractivity contribution >= 4 is 46.0 Å². The van der Waals surface area contributed by atoms with Gasteiger partial charge in [-0.15, -0.1) is 0 Å². The van der Waals surface area contributed by atoms with Crippen LogP contribution < -0.4 is 10.9 Å². The molecule has 31 heavy (non-hydrogen) atoms. The van der Waals surface area contributed by atoms with Crippen molar-refractivity contribution in [1.82, 2.24) is 14.5 Å². The topological polar surface area (TPSA) is 76.9 Å². The average molecular weight is 451 g/mol. The van der Waals surface area contributed by atoms with Crippen molar-refractivity contribution in [1.29, 1.82) is 0 Å². The fourth-order valence-corrected chi connectivity index (χ4v) is 4.08. The van der Waals surface area contributed by atoms with Gasteiger partial charge in [0, 0.05) is 6.20 Å². The highest BCUT2D eigenvalue weighted by Gasteiger charge is 2.16. The van der Waals surface area contributed by atoms with E-state index in [1.165, 1.54) is 18.0 Å². The van der Waals surface area contributed by atoms with Crippen LogP contribution in [0.15, 0.2) is 70.7 Å². The van der Waals surface area contributed by atoms with Gasteiger partial charge in [-0.25, -0.2) is 9.97 Å². The van der Waals surface area contributed by atoms with E-state index < -0.39 is 0 Å². The van der Waals surface area contributed by atoms with E-state index in [2.05, 4.69) is 15.3 Å². The third kappa shape index (κ3) is 4.47. The molecule has 0 atom stereocenters. The van der Waals surface area contributed by atoms with E-state index >= 15 is 0 Å². The molecule has 0 bridgehead atoms. The molecule has 0 spiro atoms. The van der Waals surface area contributed by atoms with Crippen LogP contribution in [0.1, 0.15) is 11.1 Å². The molecule has 6 nitrogen and oxygen atoms in total. The Hall–Kier alpha value is -3.16. The molecular formula is C23H19ClN4O2S. The van der Waals surface area contributed by atoms with Crippen LogP contribution in [0.4, 0.5) is 5.82 Å². The molecule has 0 aliphatic carbocycles. The molecule has 0 aliphatic rings. The highest BCUT2D eigenvalue weighted by atomic mass is 35.5. The number of halogens is 1. The Morgan fingerprint density at radius 1 is 1.10 bits per heavy atom. The summed E-state index contributed by atoms with van der Waals surface area (Å²) in [6, 6.07) is 16.3. The first-order valence-corrected chi connectivity index (χ1v) is 10.9. The van der Waals surface area contributed by atoms with E-state index in [0.717, 1.165) is 16.8 Å². The molecule has 0 aliphatic heterocycles. The number of nitrogens with zero attached hydrogens (tertiary/aromatic N) is 3. The highest BCUT2D eigenvalue weighted by molar-refractivity contribution is 7.99. The van der Waals surface area contributed by atoms with Gasteiger partial charge in [0.25, 0.3) is 5.56 Å². The summed E-state index contributed by atoms with van der Waals surface area (Å²) in [5.74, 6) is 0.225. The molecule has 2 aromatic heterocycles. The smallest absolute Gasteiger partial charge is 0.266 e. The second-order valence-electron chi connectivity index (χ2n) is 6.97. The van der Waals surface area contributed by atoms with Gasteiger partial charge in [0.05, 0.1) is 27.4 Å². The standard InChI is InChI=1S/C23H19ClN4O2S/c1-14-6-5-9-19(15(14)2)28-22(30)17-7-3-4-8-18(17)26-23(28)31-13-21(29)27-20-11-10-16(24)12-25-20/h3-12H,13H2,1-2H3,(H,25,27,29). The lowest BCUT2D eigenvalue weighted by molar-refractivity contribution is -0.113. The maximum Gasteiger partial charge on any atom is 0.266 e. The number of fused-ring (bicyclic) bond motifs is 1. The quantitative estimate of drug-likeness (QED) is 0.349. The number of nitrogens with one attached hydrogen (secondary N) is 1. The Kier molecular flexibility index (Phi) is 6.06. The van der Waals surface area contributed by atoms with Crippen LogP contribution in [0.2, 0.25) is 5.02 Å². The second kappa shape index (κ2) is 8.91. The third-order valence-corrected chi connectivity index (χ3v) is 6.05. The second-order valence-corrected chi connectivity index (χ2v) is 8.35. The van der Waals surface area contributed by atoms with Gasteiger partial charge in [0.2, 0.25) is 5.91 Å². The Balaban J connectivity index is 1.71. The summed E-state index contributed by atoms with van der Waals surface area (Å²) < 4.78 is 1.59. The van der Waals surface area contributed by atoms with Crippen LogP contribution in [0, 0.1) is 13.8 Å². The predicted molar refractivity (Wildman–Crippen MR) is 125 cm³/mol. The number of benzene rings is 2. The summed E-state index contributed by atoms with van der Waals surface area (Å²) in [6.45, 7) is 3.97. The van der Waals surface area contributed by atoms with Gasteiger partial charge in [-0.05, 0) is 55.3 Å². The Morgan fingerprint density at radius 2 is 1.90 bits per heavy atom. The van der Waals surface area contributed by atoms with Gasteiger partial charge in [-0.3, -0.25) is 14.2 Å². The summed E-state index contributed by atoms with van der Waals surface area (Å²) in [7, 11) is 0. The van der Waals surface area contributed by atoms with Crippen LogP contribution >= 0.6 is 23.4 Å². The summed E-state index contributed by atoms with van der Waals surface area (Å²) >= 11 is 7.03. The number of rotatable bonds is 5. The largest absolute Gasteiger partial charge is 0.310 e. The Labute approximate surface area is 188 Å². The summed E-state index contributed by atoms with van der Waals surface area (Å²) in [4.78, 5) is 34.6. The molecule has 4 aromatic rings. The molecule has 0 unspecified atom stereocenters. The van der Waals surface area contributed by atoms with E-state index in [0.29, 0.717) is 26.9 Å². The molecule has 156 valence electrons. The first-order valence-electron chi connectivity index (χ1n) is 9.56. The van der Waals surface area contributed by atoms with E-state index in [-0.39, 0.29) is 17.2 Å². The molecule has 4 rings (SSSR count). The van der Waals surface area contributed by atoms with Gasteiger partial charge in [-0.2, -0.15) is 0 Å². The average Bonchev–Trinajstić information content (AvgIpc) is 2.76. The molecule has 1 amide bonds. The number of thioether (sulfide) groups is 1. The van der Waals surface area contributed by atoms with Crippen LogP contribution in [-0.4, -0.2) is 26.2 Å². The third-order valence-electron chi connectivity index (χ3n) is 4.89. The number of hydrogen-bond donors (Lipinski definition) is 1. The Bertz CT molecular complexity index is 1340. The van der Waals surface area contributed by atoms with Crippen molar-refractivity contribution < 1.29 is 4.79 Å². The van der Waals surface area contributed by atoms with Gasteiger partial charge in [0.15, 0.2) is 5.16 Å². The van der Waals surface area contributed by atoms with Crippen LogP contribution in [0.5, 0.6) is 0 Å². The lowest BCUT2D eigenvalue weighted by atomic mass is 10.1. The minimum absolute atomic E-state index is 0.0694. The first kappa shape index (κ1) is 21.1. The lowest BCUT2D eigenvalue weighted by Crippen LogP contribution is -2.23. The SMILES string of the molecule is Cc1cccc(-n2c(SCC(=O)Nc3ccc(Cl)cn3)nc3ccccc3c2=O)c1C.